The van der Waals surface area contributed by atoms with Gasteiger partial charge in [0.15, 0.2) is 0 Å². The molecule has 1 saturated heterocycles. The fourth-order valence-electron chi connectivity index (χ4n) is 3.14. The molecule has 138 valence electrons. The third-order valence-corrected chi connectivity index (χ3v) is 6.39. The SMILES string of the molecule is CN(C)C(=O)c1cccc(S(=O)(=O)N2CCCC(c3ccncn3)C2)c1. The van der Waals surface area contributed by atoms with Crippen molar-refractivity contribution in [3.8, 4) is 0 Å². The monoisotopic (exact) mass is 374 g/mol. The molecule has 3 rings (SSSR count). The maximum absolute atomic E-state index is 13.1. The molecule has 1 aromatic heterocycles. The fraction of sp³-hybridized carbons (Fsp3) is 0.389. The van der Waals surface area contributed by atoms with Crippen LogP contribution in [-0.4, -0.2) is 60.7 Å². The second-order valence-corrected chi connectivity index (χ2v) is 8.50. The Kier molecular flexibility index (Phi) is 5.33. The van der Waals surface area contributed by atoms with Crippen molar-refractivity contribution < 1.29 is 13.2 Å². The van der Waals surface area contributed by atoms with E-state index >= 15 is 0 Å². The van der Waals surface area contributed by atoms with Gasteiger partial charge in [-0.2, -0.15) is 4.31 Å². The van der Waals surface area contributed by atoms with Crippen LogP contribution in [0.15, 0.2) is 47.8 Å². The first kappa shape index (κ1) is 18.5. The number of nitrogens with zero attached hydrogens (tertiary/aromatic N) is 4. The molecule has 0 aliphatic carbocycles. The van der Waals surface area contributed by atoms with Crippen LogP contribution in [0.2, 0.25) is 0 Å². The van der Waals surface area contributed by atoms with Crippen LogP contribution in [-0.2, 0) is 10.0 Å². The van der Waals surface area contributed by atoms with Gasteiger partial charge in [-0.05, 0) is 37.1 Å². The summed E-state index contributed by atoms with van der Waals surface area (Å²) in [5.74, 6) is -0.173. The number of rotatable bonds is 4. The van der Waals surface area contributed by atoms with Crippen LogP contribution in [0.3, 0.4) is 0 Å². The smallest absolute Gasteiger partial charge is 0.253 e. The quantitative estimate of drug-likeness (QED) is 0.814. The van der Waals surface area contributed by atoms with Crippen LogP contribution in [0.1, 0.15) is 34.8 Å². The van der Waals surface area contributed by atoms with Gasteiger partial charge in [-0.1, -0.05) is 6.07 Å². The topological polar surface area (TPSA) is 83.5 Å². The van der Waals surface area contributed by atoms with Crippen molar-refractivity contribution in [2.75, 3.05) is 27.2 Å². The summed E-state index contributed by atoms with van der Waals surface area (Å²) in [7, 11) is -0.387. The summed E-state index contributed by atoms with van der Waals surface area (Å²) in [6.07, 6.45) is 4.82. The lowest BCUT2D eigenvalue weighted by Crippen LogP contribution is -2.39. The predicted molar refractivity (Wildman–Crippen MR) is 97.2 cm³/mol. The Hall–Kier alpha value is -2.32. The Balaban J connectivity index is 1.86. The molecule has 0 N–H and O–H groups in total. The third-order valence-electron chi connectivity index (χ3n) is 4.53. The molecule has 1 unspecified atom stereocenters. The highest BCUT2D eigenvalue weighted by Crippen LogP contribution is 2.29. The number of hydrogen-bond acceptors (Lipinski definition) is 5. The second-order valence-electron chi connectivity index (χ2n) is 6.56. The normalized spacial score (nSPS) is 18.5. The molecule has 2 heterocycles. The van der Waals surface area contributed by atoms with Crippen LogP contribution in [0.5, 0.6) is 0 Å². The van der Waals surface area contributed by atoms with Crippen molar-refractivity contribution >= 4 is 15.9 Å². The van der Waals surface area contributed by atoms with E-state index in [2.05, 4.69) is 9.97 Å². The maximum atomic E-state index is 13.1. The van der Waals surface area contributed by atoms with Gasteiger partial charge in [-0.25, -0.2) is 18.4 Å². The lowest BCUT2D eigenvalue weighted by Gasteiger charge is -2.31. The zero-order valence-corrected chi connectivity index (χ0v) is 15.7. The van der Waals surface area contributed by atoms with Gasteiger partial charge < -0.3 is 4.90 Å². The first-order valence-corrected chi connectivity index (χ1v) is 9.91. The van der Waals surface area contributed by atoms with Crippen molar-refractivity contribution in [2.24, 2.45) is 0 Å². The predicted octanol–water partition coefficient (Wildman–Crippen LogP) is 1.75. The highest BCUT2D eigenvalue weighted by molar-refractivity contribution is 7.89. The molecule has 7 nitrogen and oxygen atoms in total. The first-order chi connectivity index (χ1) is 12.4. The van der Waals surface area contributed by atoms with E-state index < -0.39 is 10.0 Å². The Morgan fingerprint density at radius 3 is 2.77 bits per heavy atom. The molecule has 1 atom stereocenters. The molecular formula is C18H22N4O3S. The molecule has 0 bridgehead atoms. The highest BCUT2D eigenvalue weighted by atomic mass is 32.2. The van der Waals surface area contributed by atoms with Crippen LogP contribution in [0.4, 0.5) is 0 Å². The summed E-state index contributed by atoms with van der Waals surface area (Å²) in [6.45, 7) is 0.848. The molecule has 1 aliphatic rings. The molecule has 0 spiro atoms. The van der Waals surface area contributed by atoms with E-state index in [-0.39, 0.29) is 16.7 Å². The standard InChI is InChI=1S/C18H22N4O3S/c1-21(2)18(23)14-5-3-7-16(11-14)26(24,25)22-10-4-6-15(12-22)17-8-9-19-13-20-17/h3,5,7-9,11,13,15H,4,6,10,12H2,1-2H3. The van der Waals surface area contributed by atoms with E-state index in [4.69, 9.17) is 0 Å². The Morgan fingerprint density at radius 1 is 1.27 bits per heavy atom. The number of aromatic nitrogens is 2. The van der Waals surface area contributed by atoms with E-state index in [9.17, 15) is 13.2 Å². The van der Waals surface area contributed by atoms with Crippen LogP contribution in [0, 0.1) is 0 Å². The molecule has 26 heavy (non-hydrogen) atoms. The number of amides is 1. The molecule has 0 radical (unpaired) electrons. The summed E-state index contributed by atoms with van der Waals surface area (Å²) in [5.41, 5.74) is 1.22. The Morgan fingerprint density at radius 2 is 2.08 bits per heavy atom. The summed E-state index contributed by atoms with van der Waals surface area (Å²) in [4.78, 5) is 21.9. The van der Waals surface area contributed by atoms with Crippen molar-refractivity contribution in [3.05, 3.63) is 54.1 Å². The zero-order valence-electron chi connectivity index (χ0n) is 14.9. The molecule has 0 saturated carbocycles. The molecule has 1 aliphatic heterocycles. The summed E-state index contributed by atoms with van der Waals surface area (Å²) in [5, 5.41) is 0. The van der Waals surface area contributed by atoms with Gasteiger partial charge in [0.05, 0.1) is 4.90 Å². The van der Waals surface area contributed by atoms with E-state index in [1.165, 1.54) is 27.7 Å². The lowest BCUT2D eigenvalue weighted by molar-refractivity contribution is 0.0827. The minimum absolute atomic E-state index is 0.0492. The molecule has 1 amide bonds. The lowest BCUT2D eigenvalue weighted by atomic mass is 9.96. The molecular weight excluding hydrogens is 352 g/mol. The Labute approximate surface area is 153 Å². The largest absolute Gasteiger partial charge is 0.345 e. The average Bonchev–Trinajstić information content (AvgIpc) is 2.68. The minimum Gasteiger partial charge on any atom is -0.345 e. The number of sulfonamides is 1. The second kappa shape index (κ2) is 7.51. The van der Waals surface area contributed by atoms with Gasteiger partial charge in [0.1, 0.15) is 6.33 Å². The first-order valence-electron chi connectivity index (χ1n) is 8.47. The zero-order chi connectivity index (χ0) is 18.7. The average molecular weight is 374 g/mol. The minimum atomic E-state index is -3.67. The van der Waals surface area contributed by atoms with E-state index in [0.29, 0.717) is 18.7 Å². The highest BCUT2D eigenvalue weighted by Gasteiger charge is 2.31. The van der Waals surface area contributed by atoms with Crippen molar-refractivity contribution in [3.63, 3.8) is 0 Å². The van der Waals surface area contributed by atoms with E-state index in [0.717, 1.165) is 18.5 Å². The van der Waals surface area contributed by atoms with Gasteiger partial charge in [0, 0.05) is 50.6 Å². The summed E-state index contributed by atoms with van der Waals surface area (Å²) in [6, 6.07) is 8.05. The van der Waals surface area contributed by atoms with Crippen LogP contribution >= 0.6 is 0 Å². The summed E-state index contributed by atoms with van der Waals surface area (Å²) >= 11 is 0. The number of benzene rings is 1. The van der Waals surface area contributed by atoms with Crippen LogP contribution in [0.25, 0.3) is 0 Å². The number of carbonyl (C=O) groups is 1. The van der Waals surface area contributed by atoms with Gasteiger partial charge in [0.2, 0.25) is 10.0 Å². The number of hydrogen-bond donors (Lipinski definition) is 0. The van der Waals surface area contributed by atoms with Crippen molar-refractivity contribution in [2.45, 2.75) is 23.7 Å². The molecule has 2 aromatic rings. The molecule has 1 aromatic carbocycles. The third kappa shape index (κ3) is 3.76. The number of piperidine rings is 1. The maximum Gasteiger partial charge on any atom is 0.253 e. The summed E-state index contributed by atoms with van der Waals surface area (Å²) < 4.78 is 27.6. The van der Waals surface area contributed by atoms with Crippen molar-refractivity contribution in [1.29, 1.82) is 0 Å². The Bertz CT molecular complexity index is 884. The van der Waals surface area contributed by atoms with Crippen molar-refractivity contribution in [1.82, 2.24) is 19.2 Å². The number of carbonyl (C=O) groups excluding carboxylic acids is 1. The fourth-order valence-corrected chi connectivity index (χ4v) is 4.71. The molecule has 8 heteroatoms. The van der Waals surface area contributed by atoms with Gasteiger partial charge >= 0.3 is 0 Å². The van der Waals surface area contributed by atoms with Gasteiger partial charge in [0.25, 0.3) is 5.91 Å². The van der Waals surface area contributed by atoms with E-state index in [1.807, 2.05) is 6.07 Å². The molecule has 1 fully saturated rings. The van der Waals surface area contributed by atoms with Gasteiger partial charge in [-0.15, -0.1) is 0 Å². The van der Waals surface area contributed by atoms with Crippen LogP contribution < -0.4 is 0 Å². The van der Waals surface area contributed by atoms with Gasteiger partial charge in [-0.3, -0.25) is 4.79 Å². The van der Waals surface area contributed by atoms with E-state index in [1.54, 1.807) is 32.4 Å².